The van der Waals surface area contributed by atoms with Crippen molar-refractivity contribution in [3.05, 3.63) is 48.0 Å². The third kappa shape index (κ3) is 4.74. The van der Waals surface area contributed by atoms with Gasteiger partial charge in [0.25, 0.3) is 5.91 Å². The van der Waals surface area contributed by atoms with Crippen LogP contribution in [0.1, 0.15) is 19.4 Å². The van der Waals surface area contributed by atoms with Crippen LogP contribution in [0, 0.1) is 0 Å². The second-order valence-corrected chi connectivity index (χ2v) is 7.57. The summed E-state index contributed by atoms with van der Waals surface area (Å²) in [7, 11) is 1.63. The van der Waals surface area contributed by atoms with Crippen LogP contribution in [0.15, 0.2) is 42.5 Å². The van der Waals surface area contributed by atoms with E-state index in [1.54, 1.807) is 13.2 Å². The third-order valence-electron chi connectivity index (χ3n) is 4.68. The number of aromatic hydroxyl groups is 1. The van der Waals surface area contributed by atoms with Crippen LogP contribution in [0.2, 0.25) is 0 Å². The number of benzene rings is 2. The summed E-state index contributed by atoms with van der Waals surface area (Å²) in [6.07, 6.45) is -1.32. The second kappa shape index (κ2) is 8.08. The highest BCUT2D eigenvalue weighted by molar-refractivity contribution is 5.98. The van der Waals surface area contributed by atoms with E-state index >= 15 is 0 Å². The first-order valence-electron chi connectivity index (χ1n) is 9.14. The zero-order valence-electron chi connectivity index (χ0n) is 16.2. The van der Waals surface area contributed by atoms with Crippen LogP contribution in [0.4, 0.5) is 5.69 Å². The molecule has 0 bridgehead atoms. The van der Waals surface area contributed by atoms with Gasteiger partial charge in [-0.05, 0) is 50.1 Å². The minimum Gasteiger partial charge on any atom is -0.508 e. The van der Waals surface area contributed by atoms with Crippen LogP contribution in [0.25, 0.3) is 0 Å². The Bertz CT molecular complexity index is 835. The van der Waals surface area contributed by atoms with Crippen LogP contribution in [0.5, 0.6) is 17.2 Å². The summed E-state index contributed by atoms with van der Waals surface area (Å²) in [6, 6.07) is 12.3. The van der Waals surface area contributed by atoms with Gasteiger partial charge in [0.15, 0.2) is 0 Å². The van der Waals surface area contributed by atoms with Gasteiger partial charge in [-0.3, -0.25) is 4.79 Å². The van der Waals surface area contributed by atoms with Crippen molar-refractivity contribution in [3.8, 4) is 17.2 Å². The first kappa shape index (κ1) is 20.0. The van der Waals surface area contributed by atoms with Crippen molar-refractivity contribution in [3.63, 3.8) is 0 Å². The van der Waals surface area contributed by atoms with Crippen LogP contribution < -0.4 is 20.1 Å². The number of aliphatic hydroxyl groups excluding tert-OH is 1. The molecule has 2 unspecified atom stereocenters. The molecule has 0 spiro atoms. The van der Waals surface area contributed by atoms with Crippen molar-refractivity contribution in [1.29, 1.82) is 0 Å². The van der Waals surface area contributed by atoms with Crippen LogP contribution >= 0.6 is 0 Å². The van der Waals surface area contributed by atoms with Gasteiger partial charge in [-0.2, -0.15) is 0 Å². The number of phenols is 1. The van der Waals surface area contributed by atoms with Crippen molar-refractivity contribution in [2.45, 2.75) is 38.0 Å². The lowest BCUT2D eigenvalue weighted by Gasteiger charge is -2.32. The van der Waals surface area contributed by atoms with Gasteiger partial charge in [0.05, 0.1) is 12.8 Å². The molecule has 2 aromatic rings. The van der Waals surface area contributed by atoms with E-state index in [9.17, 15) is 15.0 Å². The highest BCUT2D eigenvalue weighted by atomic mass is 16.5. The third-order valence-corrected chi connectivity index (χ3v) is 4.68. The Hall–Kier alpha value is -2.77. The summed E-state index contributed by atoms with van der Waals surface area (Å²) >= 11 is 0. The number of amides is 1. The molecule has 1 heterocycles. The number of carbonyl (C=O) groups excluding carboxylic acids is 1. The summed E-state index contributed by atoms with van der Waals surface area (Å²) in [5.41, 5.74) is 1.22. The molecule has 150 valence electrons. The van der Waals surface area contributed by atoms with E-state index in [1.807, 2.05) is 38.1 Å². The largest absolute Gasteiger partial charge is 0.508 e. The molecule has 7 heteroatoms. The Morgan fingerprint density at radius 3 is 2.64 bits per heavy atom. The van der Waals surface area contributed by atoms with Crippen LogP contribution in [0.3, 0.4) is 0 Å². The summed E-state index contributed by atoms with van der Waals surface area (Å²) < 4.78 is 10.8. The van der Waals surface area contributed by atoms with E-state index in [0.717, 1.165) is 17.7 Å². The minimum absolute atomic E-state index is 0.0311. The molecule has 0 aromatic heterocycles. The van der Waals surface area contributed by atoms with Gasteiger partial charge in [-0.1, -0.05) is 12.1 Å². The Morgan fingerprint density at radius 2 is 1.96 bits per heavy atom. The second-order valence-electron chi connectivity index (χ2n) is 7.57. The molecule has 1 amide bonds. The molecule has 4 N–H and O–H groups in total. The normalized spacial score (nSPS) is 17.3. The molecule has 0 radical (unpaired) electrons. The number of nitrogens with one attached hydrogen (secondary N) is 2. The van der Waals surface area contributed by atoms with E-state index < -0.39 is 18.1 Å². The number of fused-ring (bicyclic) bond motifs is 1. The lowest BCUT2D eigenvalue weighted by Crippen LogP contribution is -2.53. The lowest BCUT2D eigenvalue weighted by molar-refractivity contribution is -0.128. The number of rotatable bonds is 7. The van der Waals surface area contributed by atoms with Gasteiger partial charge >= 0.3 is 0 Å². The number of hydrogen-bond donors (Lipinski definition) is 4. The molecule has 0 fully saturated rings. The number of phenolic OH excluding ortho intramolecular Hbond substituents is 1. The van der Waals surface area contributed by atoms with Crippen molar-refractivity contribution in [1.82, 2.24) is 5.32 Å². The number of aliphatic hydroxyl groups is 1. The standard InChI is InChI=1S/C21H26N2O5/c1-21(2,11-13-4-7-15(27-3)8-5-13)22-12-17(25)19-20(26)23-16-10-14(24)6-9-18(16)28-19/h4-10,17,19,22,24-25H,11-12H2,1-3H3,(H,23,26). The molecule has 2 atom stereocenters. The predicted molar refractivity (Wildman–Crippen MR) is 106 cm³/mol. The molecule has 7 nitrogen and oxygen atoms in total. The van der Waals surface area contributed by atoms with E-state index in [4.69, 9.17) is 9.47 Å². The van der Waals surface area contributed by atoms with Crippen LogP contribution in [-0.4, -0.2) is 47.5 Å². The Balaban J connectivity index is 1.58. The predicted octanol–water partition coefficient (Wildman–Crippen LogP) is 2.07. The highest BCUT2D eigenvalue weighted by Gasteiger charge is 2.34. The average molecular weight is 386 g/mol. The molecule has 0 aliphatic carbocycles. The fourth-order valence-electron chi connectivity index (χ4n) is 3.17. The van der Waals surface area contributed by atoms with E-state index in [-0.39, 0.29) is 17.8 Å². The molecule has 0 saturated heterocycles. The van der Waals surface area contributed by atoms with E-state index in [0.29, 0.717) is 11.4 Å². The van der Waals surface area contributed by atoms with Gasteiger partial charge in [0.1, 0.15) is 23.4 Å². The highest BCUT2D eigenvalue weighted by Crippen LogP contribution is 2.33. The van der Waals surface area contributed by atoms with Crippen molar-refractivity contribution in [2.24, 2.45) is 0 Å². The van der Waals surface area contributed by atoms with Gasteiger partial charge in [-0.25, -0.2) is 0 Å². The molecule has 28 heavy (non-hydrogen) atoms. The van der Waals surface area contributed by atoms with Gasteiger partial charge in [0.2, 0.25) is 6.10 Å². The number of hydrogen-bond acceptors (Lipinski definition) is 6. The monoisotopic (exact) mass is 386 g/mol. The minimum atomic E-state index is -1.03. The molecule has 1 aliphatic heterocycles. The number of carbonyl (C=O) groups is 1. The fourth-order valence-corrected chi connectivity index (χ4v) is 3.17. The number of ether oxygens (including phenoxy) is 2. The molecular formula is C21H26N2O5. The maximum Gasteiger partial charge on any atom is 0.268 e. The topological polar surface area (TPSA) is 100 Å². The Morgan fingerprint density at radius 1 is 1.25 bits per heavy atom. The zero-order chi connectivity index (χ0) is 20.3. The number of methoxy groups -OCH3 is 1. The Labute approximate surface area is 164 Å². The number of β-amino-alcohol motifs (C(OH)–C–C–N with tert-alkyl or cyclic N) is 1. The summed E-state index contributed by atoms with van der Waals surface area (Å²) in [6.45, 7) is 4.25. The average Bonchev–Trinajstić information content (AvgIpc) is 2.66. The fraction of sp³-hybridized carbons (Fsp3) is 0.381. The van der Waals surface area contributed by atoms with Gasteiger partial charge < -0.3 is 30.3 Å². The maximum atomic E-state index is 12.3. The van der Waals surface area contributed by atoms with E-state index in [1.165, 1.54) is 12.1 Å². The first-order chi connectivity index (χ1) is 13.3. The lowest BCUT2D eigenvalue weighted by atomic mass is 9.94. The quantitative estimate of drug-likeness (QED) is 0.581. The van der Waals surface area contributed by atoms with Crippen LogP contribution in [-0.2, 0) is 11.2 Å². The number of anilines is 1. The van der Waals surface area contributed by atoms with Crippen molar-refractivity contribution in [2.75, 3.05) is 19.0 Å². The van der Waals surface area contributed by atoms with E-state index in [2.05, 4.69) is 10.6 Å². The molecule has 2 aromatic carbocycles. The zero-order valence-corrected chi connectivity index (χ0v) is 16.2. The molecule has 3 rings (SSSR count). The first-order valence-corrected chi connectivity index (χ1v) is 9.14. The summed E-state index contributed by atoms with van der Waals surface area (Å²) in [5, 5.41) is 26.0. The smallest absolute Gasteiger partial charge is 0.268 e. The van der Waals surface area contributed by atoms with Crippen molar-refractivity contribution >= 4 is 11.6 Å². The summed E-state index contributed by atoms with van der Waals surface area (Å²) in [5.74, 6) is 0.807. The molecular weight excluding hydrogens is 360 g/mol. The Kier molecular flexibility index (Phi) is 5.76. The van der Waals surface area contributed by atoms with Gasteiger partial charge in [0, 0.05) is 18.2 Å². The SMILES string of the molecule is COc1ccc(CC(C)(C)NCC(O)C2Oc3ccc(O)cc3NC2=O)cc1. The molecule has 1 aliphatic rings. The summed E-state index contributed by atoms with van der Waals surface area (Å²) in [4.78, 5) is 12.3. The molecule has 0 saturated carbocycles. The van der Waals surface area contributed by atoms with Crippen molar-refractivity contribution < 1.29 is 24.5 Å². The maximum absolute atomic E-state index is 12.3. The van der Waals surface area contributed by atoms with Gasteiger partial charge in [-0.15, -0.1) is 0 Å².